The zero-order valence-electron chi connectivity index (χ0n) is 15.4. The van der Waals surface area contributed by atoms with Crippen molar-refractivity contribution in [2.45, 2.75) is 5.92 Å². The van der Waals surface area contributed by atoms with Crippen LogP contribution in [0.15, 0.2) is 60.0 Å². The van der Waals surface area contributed by atoms with E-state index in [1.807, 2.05) is 67.5 Å². The highest BCUT2D eigenvalue weighted by atomic mass is 35.5. The third-order valence-electron chi connectivity index (χ3n) is 4.82. The van der Waals surface area contributed by atoms with E-state index in [9.17, 15) is 5.26 Å². The van der Waals surface area contributed by atoms with E-state index in [1.54, 1.807) is 0 Å². The van der Waals surface area contributed by atoms with Gasteiger partial charge in [0.2, 0.25) is 11.8 Å². The number of benzene rings is 2. The summed E-state index contributed by atoms with van der Waals surface area (Å²) in [6, 6.07) is 17.7. The van der Waals surface area contributed by atoms with Gasteiger partial charge >= 0.3 is 0 Å². The van der Waals surface area contributed by atoms with Gasteiger partial charge in [-0.1, -0.05) is 41.9 Å². The van der Waals surface area contributed by atoms with Gasteiger partial charge in [-0.15, -0.1) is 5.10 Å². The minimum atomic E-state index is -0.407. The minimum absolute atomic E-state index is 0.0638. The molecule has 3 aromatic rings. The van der Waals surface area contributed by atoms with Crippen LogP contribution < -0.4 is 15.4 Å². The van der Waals surface area contributed by atoms with E-state index in [1.165, 1.54) is 0 Å². The van der Waals surface area contributed by atoms with Crippen LogP contribution in [-0.2, 0) is 0 Å². The van der Waals surface area contributed by atoms with Crippen LogP contribution in [0, 0.1) is 11.3 Å². The first kappa shape index (κ1) is 18.0. The van der Waals surface area contributed by atoms with E-state index < -0.39 is 5.92 Å². The van der Waals surface area contributed by atoms with Crippen molar-refractivity contribution in [2.75, 3.05) is 19.0 Å². The summed E-state index contributed by atoms with van der Waals surface area (Å²) in [5.74, 6) is 0.0111. The summed E-state index contributed by atoms with van der Waals surface area (Å²) >= 11 is 6.41. The molecule has 4 rings (SSSR count). The van der Waals surface area contributed by atoms with E-state index >= 15 is 0 Å². The number of nitriles is 1. The third-order valence-corrected chi connectivity index (χ3v) is 5.15. The summed E-state index contributed by atoms with van der Waals surface area (Å²) < 4.78 is 5.63. The first-order valence-corrected chi connectivity index (χ1v) is 9.07. The van der Waals surface area contributed by atoms with Crippen LogP contribution in [0.2, 0.25) is 5.02 Å². The average Bonchev–Trinajstić information content (AvgIpc) is 3.10. The Morgan fingerprint density at radius 3 is 2.54 bits per heavy atom. The van der Waals surface area contributed by atoms with Gasteiger partial charge in [-0.3, -0.25) is 5.10 Å². The lowest BCUT2D eigenvalue weighted by Gasteiger charge is -2.24. The number of aromatic amines is 1. The number of fused-ring (bicyclic) bond motifs is 1. The smallest absolute Gasteiger partial charge is 0.244 e. The lowest BCUT2D eigenvalue weighted by atomic mass is 9.83. The van der Waals surface area contributed by atoms with Gasteiger partial charge in [-0.25, -0.2) is 0 Å². The molecule has 1 aromatic heterocycles. The molecule has 7 heteroatoms. The highest BCUT2D eigenvalue weighted by molar-refractivity contribution is 6.33. The monoisotopic (exact) mass is 391 g/mol. The van der Waals surface area contributed by atoms with Crippen LogP contribution in [-0.4, -0.2) is 24.3 Å². The van der Waals surface area contributed by atoms with Crippen LogP contribution in [0.3, 0.4) is 0 Å². The molecule has 1 aliphatic rings. The number of H-pyrrole nitrogens is 1. The van der Waals surface area contributed by atoms with Gasteiger partial charge in [0.15, 0.2) is 0 Å². The fraction of sp³-hybridized carbons (Fsp3) is 0.143. The van der Waals surface area contributed by atoms with Crippen molar-refractivity contribution in [2.24, 2.45) is 5.73 Å². The predicted octanol–water partition coefficient (Wildman–Crippen LogP) is 4.01. The van der Waals surface area contributed by atoms with Crippen molar-refractivity contribution in [3.63, 3.8) is 0 Å². The quantitative estimate of drug-likeness (QED) is 0.703. The van der Waals surface area contributed by atoms with Gasteiger partial charge in [0.1, 0.15) is 11.6 Å². The van der Waals surface area contributed by atoms with Crippen molar-refractivity contribution in [3.05, 3.63) is 76.1 Å². The number of ether oxygens (including phenoxy) is 1. The number of rotatable bonds is 3. The van der Waals surface area contributed by atoms with Crippen LogP contribution in [0.5, 0.6) is 5.88 Å². The van der Waals surface area contributed by atoms with Gasteiger partial charge in [0, 0.05) is 30.4 Å². The number of nitrogens with zero attached hydrogens (tertiary/aromatic N) is 3. The van der Waals surface area contributed by atoms with Crippen molar-refractivity contribution in [1.82, 2.24) is 10.2 Å². The molecule has 0 aliphatic carbocycles. The Morgan fingerprint density at radius 1 is 1.18 bits per heavy atom. The first-order chi connectivity index (χ1) is 13.5. The van der Waals surface area contributed by atoms with E-state index in [4.69, 9.17) is 22.1 Å². The van der Waals surface area contributed by atoms with E-state index in [0.717, 1.165) is 22.4 Å². The van der Waals surface area contributed by atoms with Crippen molar-refractivity contribution < 1.29 is 4.74 Å². The van der Waals surface area contributed by atoms with Crippen LogP contribution in [0.4, 0.5) is 5.69 Å². The Balaban J connectivity index is 1.92. The lowest BCUT2D eigenvalue weighted by Crippen LogP contribution is -2.21. The maximum atomic E-state index is 9.78. The van der Waals surface area contributed by atoms with Crippen LogP contribution >= 0.6 is 11.6 Å². The zero-order valence-corrected chi connectivity index (χ0v) is 16.2. The molecular weight excluding hydrogens is 374 g/mol. The van der Waals surface area contributed by atoms with Crippen molar-refractivity contribution >= 4 is 17.3 Å². The number of nitrogens with two attached hydrogens (primary N) is 1. The molecule has 2 heterocycles. The molecule has 0 amide bonds. The Hall–Kier alpha value is -3.43. The maximum absolute atomic E-state index is 9.78. The molecule has 1 atom stereocenters. The molecule has 1 aliphatic heterocycles. The third kappa shape index (κ3) is 2.86. The van der Waals surface area contributed by atoms with Gasteiger partial charge in [-0.2, -0.15) is 5.26 Å². The summed E-state index contributed by atoms with van der Waals surface area (Å²) in [6.45, 7) is 0. The summed E-state index contributed by atoms with van der Waals surface area (Å²) in [7, 11) is 3.96. The molecule has 0 spiro atoms. The summed E-state index contributed by atoms with van der Waals surface area (Å²) in [6.07, 6.45) is 0. The topological polar surface area (TPSA) is 91.0 Å². The number of anilines is 1. The van der Waals surface area contributed by atoms with E-state index in [0.29, 0.717) is 22.2 Å². The maximum Gasteiger partial charge on any atom is 0.244 e. The second-order valence-corrected chi connectivity index (χ2v) is 7.12. The highest BCUT2D eigenvalue weighted by Crippen LogP contribution is 2.46. The van der Waals surface area contributed by atoms with Crippen molar-refractivity contribution in [1.29, 1.82) is 5.26 Å². The molecule has 0 radical (unpaired) electrons. The number of halogens is 1. The highest BCUT2D eigenvalue weighted by Gasteiger charge is 2.35. The van der Waals surface area contributed by atoms with E-state index in [2.05, 4.69) is 16.3 Å². The Labute approximate surface area is 167 Å². The molecule has 0 fully saturated rings. The minimum Gasteiger partial charge on any atom is -0.420 e. The van der Waals surface area contributed by atoms with E-state index in [-0.39, 0.29) is 5.88 Å². The molecule has 0 unspecified atom stereocenters. The van der Waals surface area contributed by atoms with Gasteiger partial charge in [0.25, 0.3) is 0 Å². The number of hydrogen-bond donors (Lipinski definition) is 2. The van der Waals surface area contributed by atoms with Crippen LogP contribution in [0.25, 0.3) is 11.3 Å². The van der Waals surface area contributed by atoms with Gasteiger partial charge in [0.05, 0.1) is 17.2 Å². The summed E-state index contributed by atoms with van der Waals surface area (Å²) in [4.78, 5) is 2.02. The Morgan fingerprint density at radius 2 is 1.89 bits per heavy atom. The number of hydrogen-bond acceptors (Lipinski definition) is 5. The second-order valence-electron chi connectivity index (χ2n) is 6.71. The van der Waals surface area contributed by atoms with Gasteiger partial charge < -0.3 is 15.4 Å². The summed E-state index contributed by atoms with van der Waals surface area (Å²) in [5, 5.41) is 17.6. The molecule has 0 saturated heterocycles. The largest absolute Gasteiger partial charge is 0.420 e. The first-order valence-electron chi connectivity index (χ1n) is 8.69. The normalized spacial score (nSPS) is 15.6. The zero-order chi connectivity index (χ0) is 19.8. The lowest BCUT2D eigenvalue weighted by molar-refractivity contribution is 0.379. The molecule has 6 nitrogen and oxygen atoms in total. The molecule has 140 valence electrons. The molecule has 2 aromatic carbocycles. The number of allylic oxidation sites excluding steroid dienone is 1. The van der Waals surface area contributed by atoms with Crippen molar-refractivity contribution in [3.8, 4) is 23.2 Å². The molecular formula is C21H18ClN5O. The predicted molar refractivity (Wildman–Crippen MR) is 109 cm³/mol. The number of aromatic nitrogens is 2. The second kappa shape index (κ2) is 6.95. The molecule has 0 bridgehead atoms. The fourth-order valence-electron chi connectivity index (χ4n) is 3.41. The SMILES string of the molecule is CN(C)c1ccc([C@H]2C(C#N)=C(N)Oc3n[nH]c(-c4ccccc4Cl)c32)cc1. The molecule has 0 saturated carbocycles. The van der Waals surface area contributed by atoms with Crippen LogP contribution in [0.1, 0.15) is 17.0 Å². The number of nitrogens with one attached hydrogen (secondary N) is 1. The Kier molecular flexibility index (Phi) is 4.46. The Bertz CT molecular complexity index is 1110. The fourth-order valence-corrected chi connectivity index (χ4v) is 3.64. The van der Waals surface area contributed by atoms with Gasteiger partial charge in [-0.05, 0) is 23.8 Å². The molecule has 28 heavy (non-hydrogen) atoms. The summed E-state index contributed by atoms with van der Waals surface area (Å²) in [5.41, 5.74) is 10.6. The standard InChI is InChI=1S/C21H18ClN5O/c1-27(2)13-9-7-12(8-10-13)17-15(11-23)20(24)28-21-18(17)19(25-26-21)14-5-3-4-6-16(14)22/h3-10,17H,24H2,1-2H3,(H,25,26)/t17-/m0/s1. The average molecular weight is 392 g/mol. The molecule has 3 N–H and O–H groups in total.